The number of non-ortho nitro benzene ring substituents is 1. The Balaban J connectivity index is 1.63. The smallest absolute Gasteiger partial charge is 0.270 e. The predicted molar refractivity (Wildman–Crippen MR) is 121 cm³/mol. The Morgan fingerprint density at radius 2 is 1.48 bits per heavy atom. The molecule has 0 atom stereocenters. The summed E-state index contributed by atoms with van der Waals surface area (Å²) in [6, 6.07) is 10.5. The summed E-state index contributed by atoms with van der Waals surface area (Å²) < 4.78 is 28.1. The van der Waals surface area contributed by atoms with Gasteiger partial charge in [-0.05, 0) is 49.9 Å². The normalized spacial score (nSPS) is 17.9. The quantitative estimate of drug-likeness (QED) is 0.519. The van der Waals surface area contributed by atoms with Crippen LogP contribution in [0.15, 0.2) is 41.3 Å². The molecule has 2 saturated heterocycles. The summed E-state index contributed by atoms with van der Waals surface area (Å²) in [4.78, 5) is 15.2. The van der Waals surface area contributed by atoms with Crippen LogP contribution in [0.5, 0.6) is 0 Å². The van der Waals surface area contributed by atoms with Crippen LogP contribution in [0.1, 0.15) is 24.0 Å². The maximum absolute atomic E-state index is 13.3. The molecular formula is C22H28N4O4S. The third-order valence-electron chi connectivity index (χ3n) is 6.37. The van der Waals surface area contributed by atoms with Gasteiger partial charge in [0, 0.05) is 57.1 Å². The van der Waals surface area contributed by atoms with Crippen molar-refractivity contribution >= 4 is 27.1 Å². The highest BCUT2D eigenvalue weighted by atomic mass is 32.2. The van der Waals surface area contributed by atoms with Crippen molar-refractivity contribution in [2.45, 2.75) is 31.6 Å². The molecular weight excluding hydrogens is 416 g/mol. The molecule has 0 saturated carbocycles. The topological polar surface area (TPSA) is 87.0 Å². The molecule has 0 bridgehead atoms. The first-order valence-corrected chi connectivity index (χ1v) is 12.1. The number of anilines is 2. The molecule has 2 heterocycles. The molecule has 166 valence electrons. The number of benzene rings is 2. The number of rotatable bonds is 5. The summed E-state index contributed by atoms with van der Waals surface area (Å²) in [5.74, 6) is 0. The van der Waals surface area contributed by atoms with Gasteiger partial charge >= 0.3 is 0 Å². The average Bonchev–Trinajstić information content (AvgIpc) is 3.31. The van der Waals surface area contributed by atoms with Crippen LogP contribution in [0.4, 0.5) is 17.1 Å². The molecule has 2 aliphatic heterocycles. The first kappa shape index (κ1) is 21.6. The molecule has 0 unspecified atom stereocenters. The first-order chi connectivity index (χ1) is 14.8. The van der Waals surface area contributed by atoms with Crippen LogP contribution in [0.25, 0.3) is 0 Å². The Morgan fingerprint density at radius 1 is 0.871 bits per heavy atom. The lowest BCUT2D eigenvalue weighted by molar-refractivity contribution is -0.385. The fraction of sp³-hybridized carbons (Fsp3) is 0.455. The number of piperazine rings is 1. The van der Waals surface area contributed by atoms with E-state index < -0.39 is 14.9 Å². The van der Waals surface area contributed by atoms with E-state index in [1.807, 2.05) is 4.90 Å². The van der Waals surface area contributed by atoms with Gasteiger partial charge in [-0.2, -0.15) is 4.31 Å². The minimum absolute atomic E-state index is 0.0452. The monoisotopic (exact) mass is 444 g/mol. The molecule has 2 aromatic carbocycles. The van der Waals surface area contributed by atoms with E-state index in [4.69, 9.17) is 0 Å². The van der Waals surface area contributed by atoms with Crippen LogP contribution >= 0.6 is 0 Å². The fourth-order valence-corrected chi connectivity index (χ4v) is 6.17. The number of nitro groups is 1. The Bertz CT molecular complexity index is 1090. The summed E-state index contributed by atoms with van der Waals surface area (Å²) in [5, 5.41) is 11.3. The van der Waals surface area contributed by atoms with Gasteiger partial charge in [0.1, 0.15) is 4.90 Å². The van der Waals surface area contributed by atoms with Gasteiger partial charge in [-0.25, -0.2) is 8.42 Å². The van der Waals surface area contributed by atoms with Gasteiger partial charge in [-0.1, -0.05) is 12.1 Å². The van der Waals surface area contributed by atoms with Crippen LogP contribution < -0.4 is 9.80 Å². The van der Waals surface area contributed by atoms with Crippen LogP contribution in [-0.2, 0) is 10.0 Å². The number of nitro benzene ring substituents is 1. The molecule has 4 rings (SSSR count). The number of sulfonamides is 1. The third-order valence-corrected chi connectivity index (χ3v) is 8.30. The molecule has 0 aliphatic carbocycles. The van der Waals surface area contributed by atoms with Gasteiger partial charge in [-0.15, -0.1) is 0 Å². The van der Waals surface area contributed by atoms with Gasteiger partial charge in [0.05, 0.1) is 10.6 Å². The van der Waals surface area contributed by atoms with Crippen LogP contribution in [0.3, 0.4) is 0 Å². The van der Waals surface area contributed by atoms with Crippen molar-refractivity contribution in [3.63, 3.8) is 0 Å². The second-order valence-corrected chi connectivity index (χ2v) is 10.1. The van der Waals surface area contributed by atoms with E-state index in [-0.39, 0.29) is 10.6 Å². The maximum atomic E-state index is 13.3. The van der Waals surface area contributed by atoms with Crippen LogP contribution in [-0.4, -0.2) is 56.9 Å². The fourth-order valence-electron chi connectivity index (χ4n) is 4.42. The van der Waals surface area contributed by atoms with E-state index in [1.54, 1.807) is 6.07 Å². The Hall–Kier alpha value is -2.65. The predicted octanol–water partition coefficient (Wildman–Crippen LogP) is 3.32. The standard InChI is InChI=1S/C22H28N4O4S/c1-17-6-5-7-20(18(17)2)23-12-14-24(15-13-23)21-9-8-19(26(27)28)16-22(21)31(29,30)25-10-3-4-11-25/h5-9,16H,3-4,10-15H2,1-2H3. The van der Waals surface area contributed by atoms with Gasteiger partial charge < -0.3 is 9.80 Å². The second kappa shape index (κ2) is 8.47. The summed E-state index contributed by atoms with van der Waals surface area (Å²) in [5.41, 5.74) is 4.06. The van der Waals surface area contributed by atoms with Crippen LogP contribution in [0.2, 0.25) is 0 Å². The summed E-state index contributed by atoms with van der Waals surface area (Å²) >= 11 is 0. The Kier molecular flexibility index (Phi) is 5.90. The highest BCUT2D eigenvalue weighted by Crippen LogP contribution is 2.34. The lowest BCUT2D eigenvalue weighted by atomic mass is 10.1. The molecule has 2 fully saturated rings. The number of aryl methyl sites for hydroxylation is 1. The lowest BCUT2D eigenvalue weighted by Gasteiger charge is -2.39. The van der Waals surface area contributed by atoms with E-state index in [0.717, 1.165) is 25.9 Å². The van der Waals surface area contributed by atoms with Gasteiger partial charge in [0.25, 0.3) is 5.69 Å². The molecule has 0 amide bonds. The summed E-state index contributed by atoms with van der Waals surface area (Å²) in [6.45, 7) is 7.95. The summed E-state index contributed by atoms with van der Waals surface area (Å²) in [7, 11) is -3.78. The van der Waals surface area contributed by atoms with E-state index in [1.165, 1.54) is 33.3 Å². The highest BCUT2D eigenvalue weighted by molar-refractivity contribution is 7.89. The van der Waals surface area contributed by atoms with Crippen molar-refractivity contribution < 1.29 is 13.3 Å². The molecule has 0 radical (unpaired) electrons. The van der Waals surface area contributed by atoms with Gasteiger partial charge in [0.15, 0.2) is 0 Å². The Morgan fingerprint density at radius 3 is 2.10 bits per heavy atom. The minimum Gasteiger partial charge on any atom is -0.368 e. The zero-order valence-electron chi connectivity index (χ0n) is 18.0. The van der Waals surface area contributed by atoms with E-state index in [0.29, 0.717) is 31.9 Å². The van der Waals surface area contributed by atoms with Crippen molar-refractivity contribution in [1.29, 1.82) is 0 Å². The van der Waals surface area contributed by atoms with Crippen molar-refractivity contribution in [2.75, 3.05) is 49.1 Å². The van der Waals surface area contributed by atoms with Crippen LogP contribution in [0, 0.1) is 24.0 Å². The lowest BCUT2D eigenvalue weighted by Crippen LogP contribution is -2.47. The molecule has 0 aromatic heterocycles. The van der Waals surface area contributed by atoms with E-state index in [2.05, 4.69) is 36.9 Å². The molecule has 8 nitrogen and oxygen atoms in total. The maximum Gasteiger partial charge on any atom is 0.270 e. The minimum atomic E-state index is -3.78. The molecule has 2 aliphatic rings. The second-order valence-electron chi connectivity index (χ2n) is 8.21. The molecule has 2 aromatic rings. The zero-order valence-corrected chi connectivity index (χ0v) is 18.8. The van der Waals surface area contributed by atoms with Crippen molar-refractivity contribution in [2.24, 2.45) is 0 Å². The average molecular weight is 445 g/mol. The molecule has 0 N–H and O–H groups in total. The van der Waals surface area contributed by atoms with Gasteiger partial charge in [-0.3, -0.25) is 10.1 Å². The third kappa shape index (κ3) is 4.12. The molecule has 0 spiro atoms. The molecule has 31 heavy (non-hydrogen) atoms. The zero-order chi connectivity index (χ0) is 22.2. The highest BCUT2D eigenvalue weighted by Gasteiger charge is 2.33. The Labute approximate surface area is 183 Å². The SMILES string of the molecule is Cc1cccc(N2CCN(c3ccc([N+](=O)[O-])cc3S(=O)(=O)N3CCCC3)CC2)c1C. The first-order valence-electron chi connectivity index (χ1n) is 10.6. The van der Waals surface area contributed by atoms with Gasteiger partial charge in [0.2, 0.25) is 10.0 Å². The number of hydrogen-bond acceptors (Lipinski definition) is 6. The van der Waals surface area contributed by atoms with E-state index >= 15 is 0 Å². The molecule has 9 heteroatoms. The summed E-state index contributed by atoms with van der Waals surface area (Å²) in [6.07, 6.45) is 1.63. The van der Waals surface area contributed by atoms with E-state index in [9.17, 15) is 18.5 Å². The number of nitrogens with zero attached hydrogens (tertiary/aromatic N) is 4. The van der Waals surface area contributed by atoms with Crippen molar-refractivity contribution in [3.8, 4) is 0 Å². The number of hydrogen-bond donors (Lipinski definition) is 0. The van der Waals surface area contributed by atoms with Crippen molar-refractivity contribution in [3.05, 3.63) is 57.6 Å². The largest absolute Gasteiger partial charge is 0.368 e. The van der Waals surface area contributed by atoms with Crippen molar-refractivity contribution in [1.82, 2.24) is 4.31 Å².